The summed E-state index contributed by atoms with van der Waals surface area (Å²) in [5.74, 6) is 0.186. The van der Waals surface area contributed by atoms with E-state index in [1.54, 1.807) is 30.3 Å². The van der Waals surface area contributed by atoms with Crippen LogP contribution in [-0.2, 0) is 14.6 Å². The van der Waals surface area contributed by atoms with Crippen LogP contribution < -0.4 is 5.32 Å². The highest BCUT2D eigenvalue weighted by atomic mass is 32.2. The quantitative estimate of drug-likeness (QED) is 0.909. The summed E-state index contributed by atoms with van der Waals surface area (Å²) in [5, 5.41) is 2.99. The standard InChI is InChI=1S/C16H23NO3S/c1-13-7-5-6-10-15(13)17-16(18)11-12-21(19,20)14-8-3-2-4-9-14/h2-4,8-9,13,15H,5-7,10-12H2,1H3,(H,17,18)/t13-,15-/m1/s1. The van der Waals surface area contributed by atoms with Gasteiger partial charge in [-0.1, -0.05) is 38.0 Å². The highest BCUT2D eigenvalue weighted by Crippen LogP contribution is 2.23. The van der Waals surface area contributed by atoms with Gasteiger partial charge in [0.1, 0.15) is 0 Å². The average molecular weight is 309 g/mol. The molecule has 2 atom stereocenters. The summed E-state index contributed by atoms with van der Waals surface area (Å²) in [6.07, 6.45) is 4.51. The third-order valence-electron chi connectivity index (χ3n) is 4.16. The van der Waals surface area contributed by atoms with Gasteiger partial charge in [-0.3, -0.25) is 4.79 Å². The van der Waals surface area contributed by atoms with Crippen molar-refractivity contribution in [3.8, 4) is 0 Å². The average Bonchev–Trinajstić information content (AvgIpc) is 2.49. The van der Waals surface area contributed by atoms with Gasteiger partial charge in [-0.25, -0.2) is 8.42 Å². The molecule has 0 radical (unpaired) electrons. The fourth-order valence-corrected chi connectivity index (χ4v) is 4.04. The van der Waals surface area contributed by atoms with Gasteiger partial charge in [-0.2, -0.15) is 0 Å². The largest absolute Gasteiger partial charge is 0.353 e. The molecule has 1 amide bonds. The van der Waals surface area contributed by atoms with Crippen molar-refractivity contribution >= 4 is 15.7 Å². The first kappa shape index (κ1) is 16.0. The lowest BCUT2D eigenvalue weighted by atomic mass is 9.86. The Labute approximate surface area is 126 Å². The Morgan fingerprint density at radius 2 is 1.86 bits per heavy atom. The van der Waals surface area contributed by atoms with Crippen molar-refractivity contribution < 1.29 is 13.2 Å². The topological polar surface area (TPSA) is 63.2 Å². The van der Waals surface area contributed by atoms with Gasteiger partial charge in [-0.05, 0) is 30.9 Å². The van der Waals surface area contributed by atoms with Crippen LogP contribution in [0, 0.1) is 5.92 Å². The summed E-state index contributed by atoms with van der Waals surface area (Å²) < 4.78 is 24.2. The Balaban J connectivity index is 1.86. The number of sulfone groups is 1. The predicted molar refractivity (Wildman–Crippen MR) is 82.7 cm³/mol. The first-order chi connectivity index (χ1) is 9.99. The van der Waals surface area contributed by atoms with Gasteiger partial charge in [0.25, 0.3) is 0 Å². The van der Waals surface area contributed by atoms with E-state index in [0.29, 0.717) is 5.92 Å². The zero-order valence-electron chi connectivity index (χ0n) is 12.4. The van der Waals surface area contributed by atoms with Crippen LogP contribution in [0.15, 0.2) is 35.2 Å². The first-order valence-corrected chi connectivity index (χ1v) is 9.21. The van der Waals surface area contributed by atoms with Crippen molar-refractivity contribution in [3.05, 3.63) is 30.3 Å². The molecule has 116 valence electrons. The van der Waals surface area contributed by atoms with E-state index in [4.69, 9.17) is 0 Å². The predicted octanol–water partition coefficient (Wildman–Crippen LogP) is 2.55. The molecular weight excluding hydrogens is 286 g/mol. The SMILES string of the molecule is C[C@@H]1CCCC[C@H]1NC(=O)CCS(=O)(=O)c1ccccc1. The van der Waals surface area contributed by atoms with E-state index in [1.165, 1.54) is 6.42 Å². The zero-order valence-corrected chi connectivity index (χ0v) is 13.2. The molecule has 1 aliphatic rings. The number of rotatable bonds is 5. The van der Waals surface area contributed by atoms with Gasteiger partial charge >= 0.3 is 0 Å². The molecule has 1 saturated carbocycles. The number of nitrogens with one attached hydrogen (secondary N) is 1. The molecule has 1 aromatic rings. The van der Waals surface area contributed by atoms with E-state index in [0.717, 1.165) is 19.3 Å². The molecule has 0 heterocycles. The molecular formula is C16H23NO3S. The summed E-state index contributed by atoms with van der Waals surface area (Å²) >= 11 is 0. The molecule has 4 nitrogen and oxygen atoms in total. The van der Waals surface area contributed by atoms with Crippen molar-refractivity contribution in [3.63, 3.8) is 0 Å². The number of amides is 1. The van der Waals surface area contributed by atoms with Crippen molar-refractivity contribution in [1.29, 1.82) is 0 Å². The molecule has 2 rings (SSSR count). The van der Waals surface area contributed by atoms with Crippen LogP contribution in [0.4, 0.5) is 0 Å². The normalized spacial score (nSPS) is 22.7. The van der Waals surface area contributed by atoms with E-state index < -0.39 is 9.84 Å². The second-order valence-electron chi connectivity index (χ2n) is 5.82. The monoisotopic (exact) mass is 309 g/mol. The van der Waals surface area contributed by atoms with Crippen LogP contribution in [0.1, 0.15) is 39.0 Å². The fraction of sp³-hybridized carbons (Fsp3) is 0.562. The Morgan fingerprint density at radius 3 is 2.52 bits per heavy atom. The molecule has 0 aliphatic heterocycles. The molecule has 0 saturated heterocycles. The lowest BCUT2D eigenvalue weighted by Gasteiger charge is -2.29. The molecule has 0 spiro atoms. The number of hydrogen-bond donors (Lipinski definition) is 1. The molecule has 0 aromatic heterocycles. The highest BCUT2D eigenvalue weighted by molar-refractivity contribution is 7.91. The van der Waals surface area contributed by atoms with Crippen molar-refractivity contribution in [1.82, 2.24) is 5.32 Å². The third-order valence-corrected chi connectivity index (χ3v) is 5.89. The summed E-state index contributed by atoms with van der Waals surface area (Å²) in [4.78, 5) is 12.2. The van der Waals surface area contributed by atoms with Crippen LogP contribution in [0.3, 0.4) is 0 Å². The molecule has 5 heteroatoms. The molecule has 0 unspecified atom stereocenters. The van der Waals surface area contributed by atoms with Gasteiger partial charge in [-0.15, -0.1) is 0 Å². The molecule has 1 aromatic carbocycles. The van der Waals surface area contributed by atoms with E-state index in [2.05, 4.69) is 12.2 Å². The van der Waals surface area contributed by atoms with Crippen LogP contribution in [0.5, 0.6) is 0 Å². The van der Waals surface area contributed by atoms with Crippen molar-refractivity contribution in [2.75, 3.05) is 5.75 Å². The van der Waals surface area contributed by atoms with E-state index in [-0.39, 0.29) is 29.0 Å². The van der Waals surface area contributed by atoms with Gasteiger partial charge in [0, 0.05) is 12.5 Å². The number of hydrogen-bond acceptors (Lipinski definition) is 3. The summed E-state index contributed by atoms with van der Waals surface area (Å²) in [7, 11) is -3.37. The molecule has 1 aliphatic carbocycles. The Bertz CT molecular complexity index is 568. The second kappa shape index (κ2) is 7.07. The smallest absolute Gasteiger partial charge is 0.221 e. The minimum atomic E-state index is -3.37. The minimum Gasteiger partial charge on any atom is -0.353 e. The lowest BCUT2D eigenvalue weighted by Crippen LogP contribution is -2.41. The summed E-state index contributed by atoms with van der Waals surface area (Å²) in [6.45, 7) is 2.14. The van der Waals surface area contributed by atoms with Crippen LogP contribution >= 0.6 is 0 Å². The second-order valence-corrected chi connectivity index (χ2v) is 7.93. The maximum atomic E-state index is 12.1. The third kappa shape index (κ3) is 4.56. The molecule has 1 N–H and O–H groups in total. The van der Waals surface area contributed by atoms with Gasteiger partial charge in [0.15, 0.2) is 9.84 Å². The van der Waals surface area contributed by atoms with Crippen molar-refractivity contribution in [2.24, 2.45) is 5.92 Å². The van der Waals surface area contributed by atoms with Crippen LogP contribution in [0.2, 0.25) is 0 Å². The van der Waals surface area contributed by atoms with E-state index in [9.17, 15) is 13.2 Å². The maximum absolute atomic E-state index is 12.1. The van der Waals surface area contributed by atoms with Gasteiger partial charge < -0.3 is 5.32 Å². The maximum Gasteiger partial charge on any atom is 0.221 e. The number of carbonyl (C=O) groups excluding carboxylic acids is 1. The first-order valence-electron chi connectivity index (χ1n) is 7.56. The van der Waals surface area contributed by atoms with Crippen LogP contribution in [-0.4, -0.2) is 26.1 Å². The molecule has 0 bridgehead atoms. The Kier molecular flexibility index (Phi) is 5.39. The Morgan fingerprint density at radius 1 is 1.19 bits per heavy atom. The number of benzene rings is 1. The number of carbonyl (C=O) groups is 1. The van der Waals surface area contributed by atoms with Gasteiger partial charge in [0.05, 0.1) is 10.6 Å². The highest BCUT2D eigenvalue weighted by Gasteiger charge is 2.23. The van der Waals surface area contributed by atoms with Crippen LogP contribution in [0.25, 0.3) is 0 Å². The van der Waals surface area contributed by atoms with E-state index >= 15 is 0 Å². The zero-order chi connectivity index (χ0) is 15.3. The van der Waals surface area contributed by atoms with Gasteiger partial charge in [0.2, 0.25) is 5.91 Å². The summed E-state index contributed by atoms with van der Waals surface area (Å²) in [6, 6.07) is 8.49. The molecule has 1 fully saturated rings. The Hall–Kier alpha value is -1.36. The minimum absolute atomic E-state index is 0.0282. The summed E-state index contributed by atoms with van der Waals surface area (Å²) in [5.41, 5.74) is 0. The lowest BCUT2D eigenvalue weighted by molar-refractivity contribution is -0.122. The molecule has 21 heavy (non-hydrogen) atoms. The van der Waals surface area contributed by atoms with Crippen molar-refractivity contribution in [2.45, 2.75) is 50.0 Å². The van der Waals surface area contributed by atoms with E-state index in [1.807, 2.05) is 0 Å². The fourth-order valence-electron chi connectivity index (χ4n) is 2.78.